The van der Waals surface area contributed by atoms with E-state index >= 15 is 0 Å². The summed E-state index contributed by atoms with van der Waals surface area (Å²) in [6.07, 6.45) is 3.13. The first-order valence-electron chi connectivity index (χ1n) is 7.55. The molecule has 0 saturated carbocycles. The molecule has 0 spiro atoms. The number of aromatic nitrogens is 2. The first-order valence-corrected chi connectivity index (χ1v) is 8.34. The predicted molar refractivity (Wildman–Crippen MR) is 89.3 cm³/mol. The van der Waals surface area contributed by atoms with Gasteiger partial charge in [0.25, 0.3) is 0 Å². The lowest BCUT2D eigenvalue weighted by molar-refractivity contribution is 0.615. The van der Waals surface area contributed by atoms with E-state index in [1.165, 1.54) is 22.5 Å². The van der Waals surface area contributed by atoms with Gasteiger partial charge in [0.1, 0.15) is 0 Å². The van der Waals surface area contributed by atoms with Gasteiger partial charge in [-0.05, 0) is 37.1 Å². The number of hydrogen-bond acceptors (Lipinski definition) is 3. The van der Waals surface area contributed by atoms with E-state index in [2.05, 4.69) is 53.3 Å². The summed E-state index contributed by atoms with van der Waals surface area (Å²) >= 11 is 3.52. The van der Waals surface area contributed by atoms with Gasteiger partial charge in [0.2, 0.25) is 0 Å². The van der Waals surface area contributed by atoms with Gasteiger partial charge in [-0.15, -0.1) is 0 Å². The van der Waals surface area contributed by atoms with E-state index in [1.54, 1.807) is 0 Å². The molecule has 0 fully saturated rings. The van der Waals surface area contributed by atoms with Crippen LogP contribution in [0.15, 0.2) is 22.7 Å². The zero-order chi connectivity index (χ0) is 14.8. The van der Waals surface area contributed by atoms with E-state index in [9.17, 15) is 0 Å². The fourth-order valence-corrected chi connectivity index (χ4v) is 3.33. The molecule has 1 N–H and O–H groups in total. The van der Waals surface area contributed by atoms with Crippen LogP contribution in [0.2, 0.25) is 0 Å². The van der Waals surface area contributed by atoms with E-state index in [-0.39, 0.29) is 0 Å². The predicted octanol–water partition coefficient (Wildman–Crippen LogP) is 3.81. The van der Waals surface area contributed by atoms with Gasteiger partial charge in [-0.2, -0.15) is 0 Å². The molecule has 3 rings (SSSR count). The van der Waals surface area contributed by atoms with Gasteiger partial charge in [-0.1, -0.05) is 29.3 Å². The fraction of sp³-hybridized carbons (Fsp3) is 0.412. The molecule has 110 valence electrons. The van der Waals surface area contributed by atoms with Crippen LogP contribution in [0.1, 0.15) is 35.9 Å². The second-order valence-corrected chi connectivity index (χ2v) is 6.47. The highest BCUT2D eigenvalue weighted by Gasteiger charge is 2.18. The molecule has 0 saturated heterocycles. The van der Waals surface area contributed by atoms with Crippen LogP contribution in [-0.2, 0) is 19.4 Å². The molecule has 0 radical (unpaired) electrons. The molecule has 2 aromatic rings. The van der Waals surface area contributed by atoms with Gasteiger partial charge in [-0.25, -0.2) is 9.97 Å². The van der Waals surface area contributed by atoms with Crippen LogP contribution in [-0.4, -0.2) is 16.5 Å². The molecule has 21 heavy (non-hydrogen) atoms. The molecule has 0 atom stereocenters. The molecule has 0 amide bonds. The van der Waals surface area contributed by atoms with Crippen molar-refractivity contribution in [3.05, 3.63) is 45.2 Å². The summed E-state index contributed by atoms with van der Waals surface area (Å²) in [5.74, 6) is 0.879. The summed E-state index contributed by atoms with van der Waals surface area (Å²) in [7, 11) is 0. The lowest BCUT2D eigenvalue weighted by Crippen LogP contribution is -2.26. The molecule has 0 unspecified atom stereocenters. The molecule has 1 aliphatic heterocycles. The Morgan fingerprint density at radius 2 is 2.14 bits per heavy atom. The average Bonchev–Trinajstić information content (AvgIpc) is 2.47. The number of halogens is 1. The van der Waals surface area contributed by atoms with E-state index in [0.717, 1.165) is 48.2 Å². The third-order valence-corrected chi connectivity index (χ3v) is 4.43. The average molecular weight is 346 g/mol. The number of fused-ring (bicyclic) bond motifs is 1. The Hall–Kier alpha value is -1.26. The maximum Gasteiger partial charge on any atom is 0.159 e. The highest BCUT2D eigenvalue weighted by Crippen LogP contribution is 2.26. The molecule has 3 nitrogen and oxygen atoms in total. The van der Waals surface area contributed by atoms with Crippen LogP contribution in [0.4, 0.5) is 0 Å². The number of nitrogens with one attached hydrogen (secondary N) is 1. The third kappa shape index (κ3) is 3.01. The second-order valence-electron chi connectivity index (χ2n) is 5.56. The first kappa shape index (κ1) is 14.7. The van der Waals surface area contributed by atoms with E-state index in [0.29, 0.717) is 0 Å². The number of benzene rings is 1. The van der Waals surface area contributed by atoms with Gasteiger partial charge in [-0.3, -0.25) is 0 Å². The zero-order valence-corrected chi connectivity index (χ0v) is 14.1. The molecular weight excluding hydrogens is 326 g/mol. The SMILES string of the molecule is CCCc1nc(-c2ccc(Br)cc2C)nc2c1CNCC2. The topological polar surface area (TPSA) is 37.8 Å². The second kappa shape index (κ2) is 6.24. The normalized spacial score (nSPS) is 14.0. The van der Waals surface area contributed by atoms with E-state index in [4.69, 9.17) is 9.97 Å². The number of nitrogens with zero attached hydrogens (tertiary/aromatic N) is 2. The van der Waals surface area contributed by atoms with E-state index < -0.39 is 0 Å². The Labute approximate surface area is 134 Å². The minimum atomic E-state index is 0.879. The molecule has 1 aromatic carbocycles. The van der Waals surface area contributed by atoms with Crippen LogP contribution >= 0.6 is 15.9 Å². The van der Waals surface area contributed by atoms with Crippen molar-refractivity contribution in [2.45, 2.75) is 39.7 Å². The maximum atomic E-state index is 4.87. The van der Waals surface area contributed by atoms with Crippen molar-refractivity contribution in [2.75, 3.05) is 6.54 Å². The maximum absolute atomic E-state index is 4.87. The molecule has 1 aliphatic rings. The van der Waals surface area contributed by atoms with Crippen molar-refractivity contribution >= 4 is 15.9 Å². The number of rotatable bonds is 3. The van der Waals surface area contributed by atoms with Crippen molar-refractivity contribution in [1.29, 1.82) is 0 Å². The smallest absolute Gasteiger partial charge is 0.159 e. The lowest BCUT2D eigenvalue weighted by Gasteiger charge is -2.20. The number of hydrogen-bond donors (Lipinski definition) is 1. The zero-order valence-electron chi connectivity index (χ0n) is 12.5. The molecule has 4 heteroatoms. The highest BCUT2D eigenvalue weighted by molar-refractivity contribution is 9.10. The molecular formula is C17H20BrN3. The van der Waals surface area contributed by atoms with Gasteiger partial charge in [0, 0.05) is 40.8 Å². The Morgan fingerprint density at radius 1 is 1.29 bits per heavy atom. The van der Waals surface area contributed by atoms with Crippen LogP contribution in [0.3, 0.4) is 0 Å². The van der Waals surface area contributed by atoms with Crippen LogP contribution < -0.4 is 5.32 Å². The summed E-state index contributed by atoms with van der Waals surface area (Å²) in [6.45, 7) is 6.23. The summed E-state index contributed by atoms with van der Waals surface area (Å²) in [5.41, 5.74) is 6.11. The first-order chi connectivity index (χ1) is 10.2. The minimum Gasteiger partial charge on any atom is -0.312 e. The summed E-state index contributed by atoms with van der Waals surface area (Å²) in [5, 5.41) is 3.43. The quantitative estimate of drug-likeness (QED) is 0.918. The summed E-state index contributed by atoms with van der Waals surface area (Å²) in [4.78, 5) is 9.72. The Morgan fingerprint density at radius 3 is 2.90 bits per heavy atom. The Bertz CT molecular complexity index is 667. The fourth-order valence-electron chi connectivity index (χ4n) is 2.86. The van der Waals surface area contributed by atoms with Gasteiger partial charge < -0.3 is 5.32 Å². The minimum absolute atomic E-state index is 0.879. The van der Waals surface area contributed by atoms with Crippen molar-refractivity contribution in [3.63, 3.8) is 0 Å². The highest BCUT2D eigenvalue weighted by atomic mass is 79.9. The number of aryl methyl sites for hydroxylation is 2. The Balaban J connectivity index is 2.12. The standard InChI is InChI=1S/C17H20BrN3/c1-3-4-15-14-10-19-8-7-16(14)21-17(20-15)13-6-5-12(18)9-11(13)2/h5-6,9,19H,3-4,7-8,10H2,1-2H3. The van der Waals surface area contributed by atoms with Crippen molar-refractivity contribution in [3.8, 4) is 11.4 Å². The molecule has 2 heterocycles. The van der Waals surface area contributed by atoms with Gasteiger partial charge >= 0.3 is 0 Å². The van der Waals surface area contributed by atoms with Crippen LogP contribution in [0, 0.1) is 6.92 Å². The van der Waals surface area contributed by atoms with Gasteiger partial charge in [0.05, 0.1) is 5.69 Å². The van der Waals surface area contributed by atoms with Gasteiger partial charge in [0.15, 0.2) is 5.82 Å². The van der Waals surface area contributed by atoms with Crippen molar-refractivity contribution < 1.29 is 0 Å². The Kier molecular flexibility index (Phi) is 4.36. The summed E-state index contributed by atoms with van der Waals surface area (Å²) in [6, 6.07) is 6.29. The van der Waals surface area contributed by atoms with Crippen molar-refractivity contribution in [2.24, 2.45) is 0 Å². The van der Waals surface area contributed by atoms with Crippen molar-refractivity contribution in [1.82, 2.24) is 15.3 Å². The monoisotopic (exact) mass is 345 g/mol. The third-order valence-electron chi connectivity index (χ3n) is 3.93. The lowest BCUT2D eigenvalue weighted by atomic mass is 10.0. The van der Waals surface area contributed by atoms with Crippen LogP contribution in [0.25, 0.3) is 11.4 Å². The largest absolute Gasteiger partial charge is 0.312 e. The molecule has 0 aliphatic carbocycles. The summed E-state index contributed by atoms with van der Waals surface area (Å²) < 4.78 is 1.10. The molecule has 0 bridgehead atoms. The van der Waals surface area contributed by atoms with Crippen LogP contribution in [0.5, 0.6) is 0 Å². The molecule has 1 aromatic heterocycles. The van der Waals surface area contributed by atoms with E-state index in [1.807, 2.05) is 0 Å².